The van der Waals surface area contributed by atoms with Gasteiger partial charge in [0.15, 0.2) is 6.10 Å². The highest BCUT2D eigenvalue weighted by molar-refractivity contribution is 5.71. The third-order valence-electron chi connectivity index (χ3n) is 10.7. The van der Waals surface area contributed by atoms with Gasteiger partial charge in [-0.05, 0) is 122 Å². The van der Waals surface area contributed by atoms with Gasteiger partial charge in [0.25, 0.3) is 0 Å². The van der Waals surface area contributed by atoms with Gasteiger partial charge in [0, 0.05) is 19.3 Å². The van der Waals surface area contributed by atoms with Crippen LogP contribution in [0.25, 0.3) is 0 Å². The summed E-state index contributed by atoms with van der Waals surface area (Å²) >= 11 is 0. The lowest BCUT2D eigenvalue weighted by atomic mass is 10.1. The van der Waals surface area contributed by atoms with Crippen molar-refractivity contribution in [2.45, 2.75) is 232 Å². The van der Waals surface area contributed by atoms with Crippen LogP contribution in [0.3, 0.4) is 0 Å². The van der Waals surface area contributed by atoms with Crippen LogP contribution in [0.5, 0.6) is 0 Å². The molecule has 0 amide bonds. The van der Waals surface area contributed by atoms with Crippen LogP contribution in [-0.2, 0) is 28.6 Å². The molecule has 0 aromatic rings. The summed E-state index contributed by atoms with van der Waals surface area (Å²) in [6, 6.07) is 0. The molecule has 0 radical (unpaired) electrons. The van der Waals surface area contributed by atoms with E-state index in [1.54, 1.807) is 0 Å². The number of rotatable bonds is 46. The lowest BCUT2D eigenvalue weighted by molar-refractivity contribution is -0.167. The zero-order valence-electron chi connectivity index (χ0n) is 42.0. The molecule has 0 saturated heterocycles. The van der Waals surface area contributed by atoms with Gasteiger partial charge in [-0.15, -0.1) is 0 Å². The summed E-state index contributed by atoms with van der Waals surface area (Å²) in [4.78, 5) is 38.0. The standard InChI is InChI=1S/C59H96O6/c1-4-7-10-13-16-19-22-25-27-29-31-34-36-39-42-45-48-51-57(60)63-54-56(65-59(62)53-50-47-44-41-38-33-24-21-18-15-12-9-6-3)55-64-58(61)52-49-46-43-40-37-35-32-30-28-26-23-20-17-14-11-8-5-2/h7-8,10-11,16-17,19-21,24-28,31-32,34-35,56H,4-6,9,12-15,18,22-23,29-30,33,36-55H2,1-3H3/b10-7-,11-8-,19-16-,20-17-,24-21-,27-25-,28-26-,34-31-,35-32-. The zero-order valence-corrected chi connectivity index (χ0v) is 42.0. The van der Waals surface area contributed by atoms with Crippen molar-refractivity contribution in [3.05, 3.63) is 109 Å². The van der Waals surface area contributed by atoms with Crippen LogP contribution in [0.2, 0.25) is 0 Å². The molecule has 0 aromatic carbocycles. The van der Waals surface area contributed by atoms with Crippen molar-refractivity contribution in [1.82, 2.24) is 0 Å². The second kappa shape index (κ2) is 52.7. The first-order valence-electron chi connectivity index (χ1n) is 26.4. The second-order valence-electron chi connectivity index (χ2n) is 17.0. The molecular formula is C59H96O6. The average Bonchev–Trinajstić information content (AvgIpc) is 3.30. The minimum Gasteiger partial charge on any atom is -0.462 e. The third-order valence-corrected chi connectivity index (χ3v) is 10.7. The van der Waals surface area contributed by atoms with E-state index in [4.69, 9.17) is 14.2 Å². The second-order valence-corrected chi connectivity index (χ2v) is 17.0. The van der Waals surface area contributed by atoms with E-state index in [-0.39, 0.29) is 31.1 Å². The predicted octanol–water partition coefficient (Wildman–Crippen LogP) is 17.5. The fourth-order valence-corrected chi connectivity index (χ4v) is 6.83. The van der Waals surface area contributed by atoms with Gasteiger partial charge in [-0.3, -0.25) is 14.4 Å². The van der Waals surface area contributed by atoms with Gasteiger partial charge < -0.3 is 14.2 Å². The van der Waals surface area contributed by atoms with Gasteiger partial charge in [0.1, 0.15) is 13.2 Å². The first kappa shape index (κ1) is 61.1. The van der Waals surface area contributed by atoms with Crippen molar-refractivity contribution >= 4 is 17.9 Å². The fourth-order valence-electron chi connectivity index (χ4n) is 6.83. The lowest BCUT2D eigenvalue weighted by Crippen LogP contribution is -2.30. The van der Waals surface area contributed by atoms with Crippen molar-refractivity contribution < 1.29 is 28.6 Å². The van der Waals surface area contributed by atoms with Crippen LogP contribution in [0.4, 0.5) is 0 Å². The monoisotopic (exact) mass is 901 g/mol. The smallest absolute Gasteiger partial charge is 0.306 e. The molecule has 0 rings (SSSR count). The van der Waals surface area contributed by atoms with Crippen LogP contribution < -0.4 is 0 Å². The fraction of sp³-hybridized carbons (Fsp3) is 0.644. The summed E-state index contributed by atoms with van der Waals surface area (Å²) in [6.45, 7) is 6.34. The lowest BCUT2D eigenvalue weighted by Gasteiger charge is -2.18. The summed E-state index contributed by atoms with van der Waals surface area (Å²) in [5.41, 5.74) is 0. The molecule has 0 aliphatic carbocycles. The van der Waals surface area contributed by atoms with Crippen LogP contribution in [0, 0.1) is 0 Å². The van der Waals surface area contributed by atoms with Gasteiger partial charge in [0.05, 0.1) is 0 Å². The molecule has 0 N–H and O–H groups in total. The van der Waals surface area contributed by atoms with Crippen LogP contribution in [0.1, 0.15) is 226 Å². The molecule has 0 aliphatic heterocycles. The van der Waals surface area contributed by atoms with Gasteiger partial charge in [-0.2, -0.15) is 0 Å². The molecule has 0 atom stereocenters. The first-order valence-corrected chi connectivity index (χ1v) is 26.4. The Labute approximate surface area is 400 Å². The minimum atomic E-state index is -0.804. The predicted molar refractivity (Wildman–Crippen MR) is 279 cm³/mol. The average molecular weight is 901 g/mol. The number of hydrogen-bond acceptors (Lipinski definition) is 6. The molecule has 0 aromatic heterocycles. The Balaban J connectivity index is 4.49. The molecular weight excluding hydrogens is 805 g/mol. The number of esters is 3. The highest BCUT2D eigenvalue weighted by Gasteiger charge is 2.19. The normalized spacial score (nSPS) is 12.6. The summed E-state index contributed by atoms with van der Waals surface area (Å²) in [7, 11) is 0. The number of hydrogen-bond donors (Lipinski definition) is 0. The SMILES string of the molecule is CC/C=C\C/C=C\C/C=C\C/C=C\CCCCCCC(=O)OCC(COC(=O)CCCCCC/C=C\C/C=C\C/C=C\C/C=C\CC)OC(=O)CCCCCCC/C=C\CCCCCC. The molecule has 0 unspecified atom stereocenters. The zero-order chi connectivity index (χ0) is 47.2. The number of unbranched alkanes of at least 4 members (excludes halogenated alkanes) is 17. The summed E-state index contributed by atoms with van der Waals surface area (Å²) in [5, 5.41) is 0. The van der Waals surface area contributed by atoms with Gasteiger partial charge in [-0.1, -0.05) is 194 Å². The minimum absolute atomic E-state index is 0.104. The number of ether oxygens (including phenoxy) is 3. The molecule has 0 spiro atoms. The largest absolute Gasteiger partial charge is 0.462 e. The Kier molecular flexibility index (Phi) is 49.5. The van der Waals surface area contributed by atoms with E-state index in [1.165, 1.54) is 38.5 Å². The maximum Gasteiger partial charge on any atom is 0.306 e. The molecule has 0 aliphatic rings. The van der Waals surface area contributed by atoms with E-state index >= 15 is 0 Å². The maximum absolute atomic E-state index is 12.8. The first-order chi connectivity index (χ1) is 32.0. The van der Waals surface area contributed by atoms with Crippen molar-refractivity contribution in [3.8, 4) is 0 Å². The quantitative estimate of drug-likeness (QED) is 0.0262. The maximum atomic E-state index is 12.8. The topological polar surface area (TPSA) is 78.9 Å². The van der Waals surface area contributed by atoms with E-state index in [0.717, 1.165) is 148 Å². The Hall–Kier alpha value is -3.93. The molecule has 65 heavy (non-hydrogen) atoms. The number of allylic oxidation sites excluding steroid dienone is 18. The Morgan fingerprint density at radius 1 is 0.323 bits per heavy atom. The molecule has 0 fully saturated rings. The Morgan fingerprint density at radius 2 is 0.600 bits per heavy atom. The Bertz CT molecular complexity index is 1280. The third kappa shape index (κ3) is 50.9. The summed E-state index contributed by atoms with van der Waals surface area (Å²) < 4.78 is 16.8. The Morgan fingerprint density at radius 3 is 0.954 bits per heavy atom. The molecule has 6 nitrogen and oxygen atoms in total. The van der Waals surface area contributed by atoms with Gasteiger partial charge >= 0.3 is 17.9 Å². The van der Waals surface area contributed by atoms with Crippen LogP contribution >= 0.6 is 0 Å². The molecule has 0 heterocycles. The number of carbonyl (C=O) groups excluding carboxylic acids is 3. The van der Waals surface area contributed by atoms with E-state index in [9.17, 15) is 14.4 Å². The van der Waals surface area contributed by atoms with Crippen LogP contribution in [-0.4, -0.2) is 37.2 Å². The van der Waals surface area contributed by atoms with E-state index in [1.807, 2.05) is 0 Å². The molecule has 0 saturated carbocycles. The molecule has 0 bridgehead atoms. The van der Waals surface area contributed by atoms with Gasteiger partial charge in [0.2, 0.25) is 0 Å². The summed E-state index contributed by atoms with van der Waals surface area (Å²) in [5.74, 6) is -0.963. The van der Waals surface area contributed by atoms with E-state index in [2.05, 4.69) is 130 Å². The van der Waals surface area contributed by atoms with Crippen molar-refractivity contribution in [2.24, 2.45) is 0 Å². The van der Waals surface area contributed by atoms with E-state index in [0.29, 0.717) is 19.3 Å². The van der Waals surface area contributed by atoms with E-state index < -0.39 is 6.10 Å². The van der Waals surface area contributed by atoms with Crippen molar-refractivity contribution in [1.29, 1.82) is 0 Å². The van der Waals surface area contributed by atoms with Crippen molar-refractivity contribution in [3.63, 3.8) is 0 Å². The summed E-state index contributed by atoms with van der Waals surface area (Å²) in [6.07, 6.45) is 70.7. The highest BCUT2D eigenvalue weighted by atomic mass is 16.6. The van der Waals surface area contributed by atoms with Crippen molar-refractivity contribution in [2.75, 3.05) is 13.2 Å². The molecule has 368 valence electrons. The highest BCUT2D eigenvalue weighted by Crippen LogP contribution is 2.13. The molecule has 6 heteroatoms. The number of carbonyl (C=O) groups is 3. The van der Waals surface area contributed by atoms with Gasteiger partial charge in [-0.25, -0.2) is 0 Å². The van der Waals surface area contributed by atoms with Crippen LogP contribution in [0.15, 0.2) is 109 Å².